The standard InChI is InChI=1S/C31H29NO7/c1-4-37-22-15-14-20(16-24(22)38-5-2)27-26(29(34)31(35)32(27)18-19-10-7-6-8-11-19)28(33)25-17-21-12-9-13-23(36-3)30(21)39-25/h6-17,27,34H,4-5,18H2,1-3H3. The first-order chi connectivity index (χ1) is 19.0. The summed E-state index contributed by atoms with van der Waals surface area (Å²) in [4.78, 5) is 28.9. The van der Waals surface area contributed by atoms with Gasteiger partial charge in [-0.2, -0.15) is 0 Å². The first-order valence-corrected chi connectivity index (χ1v) is 12.8. The molecule has 0 bridgehead atoms. The van der Waals surface area contributed by atoms with Crippen LogP contribution in [0.2, 0.25) is 0 Å². The first kappa shape index (κ1) is 25.9. The van der Waals surface area contributed by atoms with E-state index in [0.717, 1.165) is 5.56 Å². The highest BCUT2D eigenvalue weighted by molar-refractivity contribution is 6.16. The highest BCUT2D eigenvalue weighted by atomic mass is 16.5. The molecule has 0 spiro atoms. The minimum Gasteiger partial charge on any atom is -0.503 e. The number of benzene rings is 3. The first-order valence-electron chi connectivity index (χ1n) is 12.8. The Bertz CT molecular complexity index is 1550. The molecule has 0 radical (unpaired) electrons. The number of fused-ring (bicyclic) bond motifs is 1. The number of para-hydroxylation sites is 1. The third-order valence-electron chi connectivity index (χ3n) is 6.58. The zero-order valence-corrected chi connectivity index (χ0v) is 22.0. The van der Waals surface area contributed by atoms with Gasteiger partial charge in [-0.3, -0.25) is 9.59 Å². The number of furan rings is 1. The molecule has 0 aliphatic carbocycles. The Morgan fingerprint density at radius 2 is 1.67 bits per heavy atom. The molecule has 39 heavy (non-hydrogen) atoms. The summed E-state index contributed by atoms with van der Waals surface area (Å²) < 4.78 is 22.8. The number of nitrogens with zero attached hydrogens (tertiary/aromatic N) is 1. The van der Waals surface area contributed by atoms with Gasteiger partial charge in [0.2, 0.25) is 5.78 Å². The van der Waals surface area contributed by atoms with Crippen molar-refractivity contribution in [1.82, 2.24) is 4.90 Å². The van der Waals surface area contributed by atoms with Gasteiger partial charge in [0, 0.05) is 11.9 Å². The topological polar surface area (TPSA) is 98.4 Å². The van der Waals surface area contributed by atoms with Crippen LogP contribution in [0.15, 0.2) is 88.5 Å². The van der Waals surface area contributed by atoms with Gasteiger partial charge in [-0.05, 0) is 49.2 Å². The van der Waals surface area contributed by atoms with Gasteiger partial charge in [0.25, 0.3) is 5.91 Å². The van der Waals surface area contributed by atoms with Crippen molar-refractivity contribution in [2.45, 2.75) is 26.4 Å². The number of ketones is 1. The second kappa shape index (κ2) is 10.9. The molecule has 0 saturated heterocycles. The van der Waals surface area contributed by atoms with E-state index in [1.807, 2.05) is 44.2 Å². The highest BCUT2D eigenvalue weighted by Gasteiger charge is 2.45. The Morgan fingerprint density at radius 3 is 2.38 bits per heavy atom. The molecular formula is C31H29NO7. The molecule has 1 aromatic heterocycles. The van der Waals surface area contributed by atoms with Crippen LogP contribution in [-0.4, -0.2) is 42.0 Å². The van der Waals surface area contributed by atoms with E-state index in [2.05, 4.69) is 0 Å². The third-order valence-corrected chi connectivity index (χ3v) is 6.58. The third kappa shape index (κ3) is 4.81. The lowest BCUT2D eigenvalue weighted by Gasteiger charge is -2.27. The minimum absolute atomic E-state index is 0.00798. The van der Waals surface area contributed by atoms with Crippen LogP contribution < -0.4 is 14.2 Å². The smallest absolute Gasteiger partial charge is 0.290 e. The van der Waals surface area contributed by atoms with Crippen molar-refractivity contribution < 1.29 is 33.3 Å². The van der Waals surface area contributed by atoms with Gasteiger partial charge in [-0.1, -0.05) is 48.5 Å². The Labute approximate surface area is 226 Å². The second-order valence-corrected chi connectivity index (χ2v) is 8.97. The minimum atomic E-state index is -0.893. The van der Waals surface area contributed by atoms with Gasteiger partial charge in [-0.25, -0.2) is 0 Å². The van der Waals surface area contributed by atoms with Crippen molar-refractivity contribution in [3.63, 3.8) is 0 Å². The SMILES string of the molecule is CCOc1ccc(C2C(C(=O)c3cc4cccc(OC)c4o3)=C(O)C(=O)N2Cc2ccccc2)cc1OCC. The maximum atomic E-state index is 13.9. The molecule has 2 heterocycles. The molecule has 200 valence electrons. The van der Waals surface area contributed by atoms with Crippen molar-refractivity contribution in [3.8, 4) is 17.2 Å². The van der Waals surface area contributed by atoms with Gasteiger partial charge >= 0.3 is 0 Å². The predicted molar refractivity (Wildman–Crippen MR) is 145 cm³/mol. The summed E-state index contributed by atoms with van der Waals surface area (Å²) in [7, 11) is 1.52. The lowest BCUT2D eigenvalue weighted by Crippen LogP contribution is -2.30. The summed E-state index contributed by atoms with van der Waals surface area (Å²) in [5.74, 6) is -0.351. The van der Waals surface area contributed by atoms with Crippen molar-refractivity contribution >= 4 is 22.7 Å². The number of amides is 1. The Morgan fingerprint density at radius 1 is 0.923 bits per heavy atom. The van der Waals surface area contributed by atoms with Crippen molar-refractivity contribution in [3.05, 3.63) is 101 Å². The molecule has 1 amide bonds. The molecular weight excluding hydrogens is 498 g/mol. The zero-order chi connectivity index (χ0) is 27.5. The van der Waals surface area contributed by atoms with Crippen molar-refractivity contribution in [2.75, 3.05) is 20.3 Å². The molecule has 0 saturated carbocycles. The number of Topliss-reactive ketones (excluding diaryl/α,β-unsaturated/α-hetero) is 1. The maximum absolute atomic E-state index is 13.9. The number of aliphatic hydroxyl groups excluding tert-OH is 1. The number of hydrogen-bond donors (Lipinski definition) is 1. The van der Waals surface area contributed by atoms with Gasteiger partial charge < -0.3 is 28.6 Å². The van der Waals surface area contributed by atoms with Crippen molar-refractivity contribution in [2.24, 2.45) is 0 Å². The van der Waals surface area contributed by atoms with E-state index < -0.39 is 23.5 Å². The van der Waals surface area contributed by atoms with E-state index >= 15 is 0 Å². The fraction of sp³-hybridized carbons (Fsp3) is 0.226. The summed E-state index contributed by atoms with van der Waals surface area (Å²) in [6.07, 6.45) is 0. The van der Waals surface area contributed by atoms with E-state index in [1.54, 1.807) is 42.5 Å². The number of methoxy groups -OCH3 is 1. The van der Waals surface area contributed by atoms with E-state index in [9.17, 15) is 14.7 Å². The summed E-state index contributed by atoms with van der Waals surface area (Å²) in [5.41, 5.74) is 1.78. The second-order valence-electron chi connectivity index (χ2n) is 8.97. The van der Waals surface area contributed by atoms with Gasteiger partial charge in [-0.15, -0.1) is 0 Å². The fourth-order valence-electron chi connectivity index (χ4n) is 4.85. The average Bonchev–Trinajstić information content (AvgIpc) is 3.50. The average molecular weight is 528 g/mol. The normalized spacial score (nSPS) is 15.2. The lowest BCUT2D eigenvalue weighted by molar-refractivity contribution is -0.130. The van der Waals surface area contributed by atoms with Crippen LogP contribution in [-0.2, 0) is 11.3 Å². The Hall–Kier alpha value is -4.72. The van der Waals surface area contributed by atoms with Crippen molar-refractivity contribution in [1.29, 1.82) is 0 Å². The molecule has 8 nitrogen and oxygen atoms in total. The largest absolute Gasteiger partial charge is 0.503 e. The van der Waals surface area contributed by atoms with Gasteiger partial charge in [0.15, 0.2) is 34.4 Å². The molecule has 0 fully saturated rings. The Balaban J connectivity index is 1.63. The van der Waals surface area contributed by atoms with Gasteiger partial charge in [0.05, 0.1) is 31.9 Å². The monoisotopic (exact) mass is 527 g/mol. The number of aliphatic hydroxyl groups is 1. The maximum Gasteiger partial charge on any atom is 0.290 e. The van der Waals surface area contributed by atoms with E-state index in [0.29, 0.717) is 47.0 Å². The van der Waals surface area contributed by atoms with E-state index in [1.165, 1.54) is 12.0 Å². The summed E-state index contributed by atoms with van der Waals surface area (Å²) in [6, 6.07) is 20.7. The summed E-state index contributed by atoms with van der Waals surface area (Å²) in [5, 5.41) is 11.8. The molecule has 1 aliphatic heterocycles. The molecule has 4 aromatic rings. The fourth-order valence-corrected chi connectivity index (χ4v) is 4.85. The summed E-state index contributed by atoms with van der Waals surface area (Å²) in [6.45, 7) is 4.76. The zero-order valence-electron chi connectivity index (χ0n) is 22.0. The van der Waals surface area contributed by atoms with Crippen LogP contribution in [0.5, 0.6) is 17.2 Å². The highest BCUT2D eigenvalue weighted by Crippen LogP contribution is 2.43. The van der Waals surface area contributed by atoms with Gasteiger partial charge in [0.1, 0.15) is 0 Å². The van der Waals surface area contributed by atoms with E-state index in [-0.39, 0.29) is 17.9 Å². The molecule has 1 aliphatic rings. The number of ether oxygens (including phenoxy) is 3. The number of carbonyl (C=O) groups is 2. The van der Waals surface area contributed by atoms with Crippen LogP contribution >= 0.6 is 0 Å². The molecule has 1 N–H and O–H groups in total. The molecule has 1 atom stereocenters. The molecule has 1 unspecified atom stereocenters. The molecule has 5 rings (SSSR count). The van der Waals surface area contributed by atoms with Crippen LogP contribution in [0, 0.1) is 0 Å². The molecule has 8 heteroatoms. The predicted octanol–water partition coefficient (Wildman–Crippen LogP) is 6.02. The number of carbonyl (C=O) groups excluding carboxylic acids is 2. The van der Waals surface area contributed by atoms with Crippen LogP contribution in [0.3, 0.4) is 0 Å². The quantitative estimate of drug-likeness (QED) is 0.252. The van der Waals surface area contributed by atoms with E-state index in [4.69, 9.17) is 18.6 Å². The van der Waals surface area contributed by atoms with Crippen LogP contribution in [0.1, 0.15) is 41.6 Å². The van der Waals surface area contributed by atoms with Crippen LogP contribution in [0.4, 0.5) is 0 Å². The van der Waals surface area contributed by atoms with Crippen LogP contribution in [0.25, 0.3) is 11.0 Å². The number of rotatable bonds is 10. The number of hydrogen-bond acceptors (Lipinski definition) is 7. The Kier molecular flexibility index (Phi) is 7.27. The molecule has 3 aromatic carbocycles. The lowest BCUT2D eigenvalue weighted by atomic mass is 9.94. The summed E-state index contributed by atoms with van der Waals surface area (Å²) >= 11 is 0.